The molecule has 0 aromatic rings. The van der Waals surface area contributed by atoms with Gasteiger partial charge in [0.25, 0.3) is 0 Å². The van der Waals surface area contributed by atoms with Crippen molar-refractivity contribution in [1.29, 1.82) is 0 Å². The Morgan fingerprint density at radius 3 is 2.56 bits per heavy atom. The van der Waals surface area contributed by atoms with E-state index in [-0.39, 0.29) is 6.10 Å². The molecule has 1 aliphatic rings. The van der Waals surface area contributed by atoms with Crippen molar-refractivity contribution >= 4 is 0 Å². The minimum absolute atomic E-state index is 0.226. The lowest BCUT2D eigenvalue weighted by atomic mass is 9.96. The third kappa shape index (κ3) is 1.66. The number of aliphatic hydroxyl groups is 1. The van der Waals surface area contributed by atoms with Crippen molar-refractivity contribution in [1.82, 2.24) is 0 Å². The highest BCUT2D eigenvalue weighted by molar-refractivity contribution is 4.71. The average Bonchev–Trinajstić information content (AvgIpc) is 1.80. The molecular formula is C7H14O2. The van der Waals surface area contributed by atoms with E-state index in [1.807, 2.05) is 0 Å². The molecule has 0 radical (unpaired) electrons. The van der Waals surface area contributed by atoms with E-state index in [2.05, 4.69) is 13.8 Å². The second kappa shape index (κ2) is 2.67. The van der Waals surface area contributed by atoms with Gasteiger partial charge in [-0.25, -0.2) is 0 Å². The molecule has 1 rings (SSSR count). The normalized spacial score (nSPS) is 45.0. The summed E-state index contributed by atoms with van der Waals surface area (Å²) in [6, 6.07) is 0. The third-order valence-corrected chi connectivity index (χ3v) is 2.00. The molecule has 3 unspecified atom stereocenters. The Labute approximate surface area is 55.8 Å². The van der Waals surface area contributed by atoms with Crippen molar-refractivity contribution in [2.75, 3.05) is 6.61 Å². The maximum Gasteiger partial charge on any atom is 0.0777 e. The first-order valence-corrected chi connectivity index (χ1v) is 3.50. The Bertz CT molecular complexity index is 92.9. The lowest BCUT2D eigenvalue weighted by Gasteiger charge is -2.29. The standard InChI is InChI=1S/C7H14O2/c1-5-3-7(8)4-9-6(5)2/h5-8H,3-4H2,1-2H3. The summed E-state index contributed by atoms with van der Waals surface area (Å²) in [7, 11) is 0. The fraction of sp³-hybridized carbons (Fsp3) is 1.00. The Hall–Kier alpha value is -0.0800. The summed E-state index contributed by atoms with van der Waals surface area (Å²) in [6.07, 6.45) is 0.992. The van der Waals surface area contributed by atoms with Gasteiger partial charge in [0.05, 0.1) is 18.8 Å². The molecule has 1 heterocycles. The molecule has 1 saturated heterocycles. The molecule has 0 spiro atoms. The first kappa shape index (κ1) is 7.03. The fourth-order valence-electron chi connectivity index (χ4n) is 1.12. The van der Waals surface area contributed by atoms with E-state index in [0.29, 0.717) is 18.6 Å². The Morgan fingerprint density at radius 2 is 2.11 bits per heavy atom. The van der Waals surface area contributed by atoms with Gasteiger partial charge in [-0.1, -0.05) is 6.92 Å². The van der Waals surface area contributed by atoms with E-state index in [4.69, 9.17) is 9.84 Å². The topological polar surface area (TPSA) is 29.5 Å². The minimum atomic E-state index is -0.226. The van der Waals surface area contributed by atoms with Gasteiger partial charge in [-0.2, -0.15) is 0 Å². The lowest BCUT2D eigenvalue weighted by molar-refractivity contribution is -0.0763. The first-order chi connectivity index (χ1) is 4.20. The second-order valence-electron chi connectivity index (χ2n) is 2.91. The summed E-state index contributed by atoms with van der Waals surface area (Å²) >= 11 is 0. The zero-order chi connectivity index (χ0) is 6.85. The van der Waals surface area contributed by atoms with Crippen LogP contribution in [0.4, 0.5) is 0 Å². The van der Waals surface area contributed by atoms with Crippen LogP contribution in [0.15, 0.2) is 0 Å². The largest absolute Gasteiger partial charge is 0.391 e. The van der Waals surface area contributed by atoms with Crippen LogP contribution >= 0.6 is 0 Å². The van der Waals surface area contributed by atoms with Crippen LogP contribution in [0.1, 0.15) is 20.3 Å². The molecule has 0 saturated carbocycles. The number of rotatable bonds is 0. The van der Waals surface area contributed by atoms with E-state index >= 15 is 0 Å². The molecular weight excluding hydrogens is 116 g/mol. The number of hydrogen-bond acceptors (Lipinski definition) is 2. The Kier molecular flexibility index (Phi) is 2.09. The van der Waals surface area contributed by atoms with Gasteiger partial charge in [0.2, 0.25) is 0 Å². The summed E-state index contributed by atoms with van der Waals surface area (Å²) < 4.78 is 5.25. The van der Waals surface area contributed by atoms with E-state index in [1.165, 1.54) is 0 Å². The number of aliphatic hydroxyl groups excluding tert-OH is 1. The number of ether oxygens (including phenoxy) is 1. The molecule has 0 bridgehead atoms. The van der Waals surface area contributed by atoms with Gasteiger partial charge >= 0.3 is 0 Å². The van der Waals surface area contributed by atoms with Crippen molar-refractivity contribution in [3.05, 3.63) is 0 Å². The van der Waals surface area contributed by atoms with Gasteiger partial charge in [-0.3, -0.25) is 0 Å². The molecule has 0 aromatic heterocycles. The molecule has 9 heavy (non-hydrogen) atoms. The van der Waals surface area contributed by atoms with Crippen molar-refractivity contribution in [2.24, 2.45) is 5.92 Å². The van der Waals surface area contributed by atoms with Crippen LogP contribution in [0, 0.1) is 5.92 Å². The zero-order valence-corrected chi connectivity index (χ0v) is 6.00. The maximum atomic E-state index is 9.07. The van der Waals surface area contributed by atoms with Crippen molar-refractivity contribution in [2.45, 2.75) is 32.5 Å². The molecule has 3 atom stereocenters. The SMILES string of the molecule is CC1CC(O)COC1C. The van der Waals surface area contributed by atoms with Crippen molar-refractivity contribution in [3.8, 4) is 0 Å². The van der Waals surface area contributed by atoms with Crippen molar-refractivity contribution in [3.63, 3.8) is 0 Å². The van der Waals surface area contributed by atoms with Gasteiger partial charge in [0, 0.05) is 0 Å². The summed E-state index contributed by atoms with van der Waals surface area (Å²) in [4.78, 5) is 0. The van der Waals surface area contributed by atoms with Crippen LogP contribution in [0.5, 0.6) is 0 Å². The van der Waals surface area contributed by atoms with Crippen LogP contribution in [0.2, 0.25) is 0 Å². The minimum Gasteiger partial charge on any atom is -0.391 e. The number of hydrogen-bond donors (Lipinski definition) is 1. The van der Waals surface area contributed by atoms with Crippen LogP contribution in [0.25, 0.3) is 0 Å². The highest BCUT2D eigenvalue weighted by atomic mass is 16.5. The van der Waals surface area contributed by atoms with Crippen LogP contribution < -0.4 is 0 Å². The Morgan fingerprint density at radius 1 is 1.44 bits per heavy atom. The molecule has 0 aromatic carbocycles. The monoisotopic (exact) mass is 130 g/mol. The van der Waals surface area contributed by atoms with Gasteiger partial charge in [0.1, 0.15) is 0 Å². The van der Waals surface area contributed by atoms with E-state index in [1.54, 1.807) is 0 Å². The van der Waals surface area contributed by atoms with Crippen LogP contribution in [-0.4, -0.2) is 23.9 Å². The molecule has 2 nitrogen and oxygen atoms in total. The molecule has 2 heteroatoms. The highest BCUT2D eigenvalue weighted by Crippen LogP contribution is 2.19. The second-order valence-corrected chi connectivity index (χ2v) is 2.91. The lowest BCUT2D eigenvalue weighted by Crippen LogP contribution is -2.33. The smallest absolute Gasteiger partial charge is 0.0777 e. The zero-order valence-electron chi connectivity index (χ0n) is 6.00. The molecule has 0 amide bonds. The summed E-state index contributed by atoms with van der Waals surface area (Å²) in [5.74, 6) is 0.508. The molecule has 54 valence electrons. The fourth-order valence-corrected chi connectivity index (χ4v) is 1.12. The van der Waals surface area contributed by atoms with Gasteiger partial charge in [-0.15, -0.1) is 0 Å². The van der Waals surface area contributed by atoms with Gasteiger partial charge < -0.3 is 9.84 Å². The summed E-state index contributed by atoms with van der Waals surface area (Å²) in [5, 5.41) is 9.07. The third-order valence-electron chi connectivity index (χ3n) is 2.00. The summed E-state index contributed by atoms with van der Waals surface area (Å²) in [6.45, 7) is 4.68. The summed E-state index contributed by atoms with van der Waals surface area (Å²) in [5.41, 5.74) is 0. The quantitative estimate of drug-likeness (QED) is 0.525. The van der Waals surface area contributed by atoms with E-state index in [9.17, 15) is 0 Å². The average molecular weight is 130 g/mol. The molecule has 1 fully saturated rings. The predicted octanol–water partition coefficient (Wildman–Crippen LogP) is 0.792. The molecule has 0 aliphatic carbocycles. The van der Waals surface area contributed by atoms with Crippen LogP contribution in [0.3, 0.4) is 0 Å². The Balaban J connectivity index is 2.35. The molecule has 1 N–H and O–H groups in total. The van der Waals surface area contributed by atoms with Gasteiger partial charge in [-0.05, 0) is 19.3 Å². The van der Waals surface area contributed by atoms with E-state index in [0.717, 1.165) is 6.42 Å². The predicted molar refractivity (Wildman–Crippen MR) is 35.2 cm³/mol. The highest BCUT2D eigenvalue weighted by Gasteiger charge is 2.22. The van der Waals surface area contributed by atoms with Gasteiger partial charge in [0.15, 0.2) is 0 Å². The first-order valence-electron chi connectivity index (χ1n) is 3.50. The maximum absolute atomic E-state index is 9.07. The van der Waals surface area contributed by atoms with E-state index < -0.39 is 0 Å². The van der Waals surface area contributed by atoms with Crippen LogP contribution in [-0.2, 0) is 4.74 Å². The molecule has 1 aliphatic heterocycles. The van der Waals surface area contributed by atoms with Crippen molar-refractivity contribution < 1.29 is 9.84 Å².